The first-order valence-corrected chi connectivity index (χ1v) is 6.89. The van der Waals surface area contributed by atoms with Crippen LogP contribution >= 0.6 is 15.9 Å². The molecule has 0 spiro atoms. The van der Waals surface area contributed by atoms with Gasteiger partial charge in [-0.2, -0.15) is 0 Å². The van der Waals surface area contributed by atoms with Gasteiger partial charge in [0.25, 0.3) is 0 Å². The predicted molar refractivity (Wildman–Crippen MR) is 76.2 cm³/mol. The van der Waals surface area contributed by atoms with Gasteiger partial charge in [0.15, 0.2) is 5.78 Å². The van der Waals surface area contributed by atoms with Gasteiger partial charge in [-0.3, -0.25) is 4.79 Å². The number of carbonyl (C=O) groups excluding carboxylic acids is 1. The molecule has 0 N–H and O–H groups in total. The van der Waals surface area contributed by atoms with Crippen molar-refractivity contribution >= 4 is 21.7 Å². The molecular weight excluding hydrogens is 307 g/mol. The Kier molecular flexibility index (Phi) is 2.82. The Morgan fingerprint density at radius 2 is 2.00 bits per heavy atom. The van der Waals surface area contributed by atoms with E-state index in [1.165, 1.54) is 12.1 Å². The molecule has 3 heteroatoms. The molecule has 1 aliphatic carbocycles. The quantitative estimate of drug-likeness (QED) is 0.721. The van der Waals surface area contributed by atoms with Crippen LogP contribution in [0.15, 0.2) is 42.5 Å². The molecule has 0 radical (unpaired) electrons. The molecule has 1 atom stereocenters. The number of fused-ring (bicyclic) bond motifs is 1. The number of halogens is 2. The normalized spacial score (nSPS) is 21.5. The standard InChI is InChI=1S/C16H12BrFO/c1-10-5-6-14-11(7-10)9-16(17,15(14)19)12-3-2-4-13(18)8-12/h2-8H,9H2,1H3. The van der Waals surface area contributed by atoms with Crippen LogP contribution in [0.2, 0.25) is 0 Å². The maximum Gasteiger partial charge on any atom is 0.184 e. The van der Waals surface area contributed by atoms with E-state index in [0.717, 1.165) is 16.7 Å². The molecule has 2 aromatic rings. The first kappa shape index (κ1) is 12.5. The van der Waals surface area contributed by atoms with Crippen LogP contribution in [0.4, 0.5) is 4.39 Å². The zero-order valence-electron chi connectivity index (χ0n) is 10.4. The lowest BCUT2D eigenvalue weighted by Crippen LogP contribution is -2.25. The van der Waals surface area contributed by atoms with Gasteiger partial charge in [-0.05, 0) is 36.6 Å². The summed E-state index contributed by atoms with van der Waals surface area (Å²) in [5.74, 6) is -0.315. The van der Waals surface area contributed by atoms with E-state index in [4.69, 9.17) is 0 Å². The smallest absolute Gasteiger partial charge is 0.184 e. The topological polar surface area (TPSA) is 17.1 Å². The van der Waals surface area contributed by atoms with Gasteiger partial charge in [-0.1, -0.05) is 51.8 Å². The number of rotatable bonds is 1. The Balaban J connectivity index is 2.11. The van der Waals surface area contributed by atoms with Crippen LogP contribution in [0.5, 0.6) is 0 Å². The van der Waals surface area contributed by atoms with Gasteiger partial charge in [-0.15, -0.1) is 0 Å². The Labute approximate surface area is 119 Å². The van der Waals surface area contributed by atoms with E-state index in [0.29, 0.717) is 12.0 Å². The highest BCUT2D eigenvalue weighted by molar-refractivity contribution is 9.10. The zero-order valence-corrected chi connectivity index (χ0v) is 12.0. The number of ketones is 1. The van der Waals surface area contributed by atoms with Gasteiger partial charge < -0.3 is 0 Å². The number of carbonyl (C=O) groups is 1. The van der Waals surface area contributed by atoms with Crippen LogP contribution in [0.25, 0.3) is 0 Å². The second kappa shape index (κ2) is 4.27. The van der Waals surface area contributed by atoms with Crippen molar-refractivity contribution < 1.29 is 9.18 Å². The fourth-order valence-corrected chi connectivity index (χ4v) is 3.38. The first-order valence-electron chi connectivity index (χ1n) is 6.10. The Morgan fingerprint density at radius 3 is 2.74 bits per heavy atom. The fraction of sp³-hybridized carbons (Fsp3) is 0.188. The van der Waals surface area contributed by atoms with Crippen molar-refractivity contribution in [3.05, 3.63) is 70.5 Å². The minimum atomic E-state index is -0.828. The molecule has 0 saturated heterocycles. The van der Waals surface area contributed by atoms with E-state index in [1.54, 1.807) is 12.1 Å². The van der Waals surface area contributed by atoms with E-state index >= 15 is 0 Å². The summed E-state index contributed by atoms with van der Waals surface area (Å²) in [6.45, 7) is 2.00. The summed E-state index contributed by atoms with van der Waals surface area (Å²) in [7, 11) is 0. The highest BCUT2D eigenvalue weighted by Gasteiger charge is 2.44. The maximum absolute atomic E-state index is 13.4. The van der Waals surface area contributed by atoms with Crippen LogP contribution < -0.4 is 0 Å². The lowest BCUT2D eigenvalue weighted by Gasteiger charge is -2.20. The number of aryl methyl sites for hydroxylation is 1. The van der Waals surface area contributed by atoms with Gasteiger partial charge in [0.05, 0.1) is 0 Å². The molecule has 19 heavy (non-hydrogen) atoms. The largest absolute Gasteiger partial charge is 0.292 e. The summed E-state index contributed by atoms with van der Waals surface area (Å²) in [6, 6.07) is 12.0. The van der Waals surface area contributed by atoms with Crippen molar-refractivity contribution in [2.45, 2.75) is 17.7 Å². The molecular formula is C16H12BrFO. The fourth-order valence-electron chi connectivity index (χ4n) is 2.61. The van der Waals surface area contributed by atoms with E-state index in [2.05, 4.69) is 15.9 Å². The van der Waals surface area contributed by atoms with Gasteiger partial charge >= 0.3 is 0 Å². The number of alkyl halides is 1. The molecule has 1 aliphatic rings. The summed E-state index contributed by atoms with van der Waals surface area (Å²) in [5.41, 5.74) is 3.55. The molecule has 3 rings (SSSR count). The molecule has 0 fully saturated rings. The van der Waals surface area contributed by atoms with Crippen molar-refractivity contribution in [2.75, 3.05) is 0 Å². The lowest BCUT2D eigenvalue weighted by atomic mass is 9.95. The van der Waals surface area contributed by atoms with E-state index in [9.17, 15) is 9.18 Å². The first-order chi connectivity index (χ1) is 9.00. The van der Waals surface area contributed by atoms with Crippen molar-refractivity contribution in [2.24, 2.45) is 0 Å². The summed E-state index contributed by atoms with van der Waals surface area (Å²) < 4.78 is 12.6. The Morgan fingerprint density at radius 1 is 1.21 bits per heavy atom. The Bertz CT molecular complexity index is 680. The number of hydrogen-bond donors (Lipinski definition) is 0. The summed E-state index contributed by atoms with van der Waals surface area (Å²) in [4.78, 5) is 12.6. The molecule has 0 saturated carbocycles. The van der Waals surface area contributed by atoms with E-state index < -0.39 is 4.32 Å². The minimum Gasteiger partial charge on any atom is -0.292 e. The van der Waals surface area contributed by atoms with E-state index in [-0.39, 0.29) is 11.6 Å². The molecule has 0 bridgehead atoms. The average molecular weight is 319 g/mol. The molecule has 96 valence electrons. The van der Waals surface area contributed by atoms with Crippen LogP contribution in [-0.4, -0.2) is 5.78 Å². The van der Waals surface area contributed by atoms with Gasteiger partial charge in [0, 0.05) is 5.56 Å². The molecule has 0 aliphatic heterocycles. The van der Waals surface area contributed by atoms with Crippen LogP contribution in [-0.2, 0) is 10.7 Å². The highest BCUT2D eigenvalue weighted by Crippen LogP contribution is 2.44. The number of Topliss-reactive ketones (excluding diaryl/α,β-unsaturated/α-hetero) is 1. The second-order valence-electron chi connectivity index (χ2n) is 4.98. The number of hydrogen-bond acceptors (Lipinski definition) is 1. The second-order valence-corrected chi connectivity index (χ2v) is 6.33. The average Bonchev–Trinajstić information content (AvgIpc) is 2.62. The highest BCUT2D eigenvalue weighted by atomic mass is 79.9. The maximum atomic E-state index is 13.4. The van der Waals surface area contributed by atoms with Crippen molar-refractivity contribution in [1.29, 1.82) is 0 Å². The molecule has 2 aromatic carbocycles. The molecule has 0 aromatic heterocycles. The summed E-state index contributed by atoms with van der Waals surface area (Å²) in [5, 5.41) is 0. The molecule has 0 amide bonds. The molecule has 1 unspecified atom stereocenters. The third-order valence-electron chi connectivity index (χ3n) is 3.58. The number of benzene rings is 2. The molecule has 1 nitrogen and oxygen atoms in total. The van der Waals surface area contributed by atoms with Crippen molar-refractivity contribution in [3.8, 4) is 0 Å². The lowest BCUT2D eigenvalue weighted by molar-refractivity contribution is 0.0960. The van der Waals surface area contributed by atoms with Gasteiger partial charge in [-0.25, -0.2) is 4.39 Å². The predicted octanol–water partition coefficient (Wildman–Crippen LogP) is 4.16. The molecule has 0 heterocycles. The zero-order chi connectivity index (χ0) is 13.6. The Hall–Kier alpha value is -1.48. The summed E-state index contributed by atoms with van der Waals surface area (Å²) in [6.07, 6.45) is 0.562. The van der Waals surface area contributed by atoms with Crippen LogP contribution in [0.3, 0.4) is 0 Å². The van der Waals surface area contributed by atoms with E-state index in [1.807, 2.05) is 25.1 Å². The van der Waals surface area contributed by atoms with Crippen LogP contribution in [0.1, 0.15) is 27.0 Å². The van der Waals surface area contributed by atoms with Gasteiger partial charge in [0.1, 0.15) is 10.1 Å². The third kappa shape index (κ3) is 1.93. The SMILES string of the molecule is Cc1ccc2c(c1)CC(Br)(c1cccc(F)c1)C2=O. The summed E-state index contributed by atoms with van der Waals surface area (Å²) >= 11 is 3.54. The van der Waals surface area contributed by atoms with Gasteiger partial charge in [0.2, 0.25) is 0 Å². The monoisotopic (exact) mass is 318 g/mol. The minimum absolute atomic E-state index is 0.00750. The van der Waals surface area contributed by atoms with Crippen molar-refractivity contribution in [1.82, 2.24) is 0 Å². The van der Waals surface area contributed by atoms with Crippen LogP contribution in [0, 0.1) is 12.7 Å². The van der Waals surface area contributed by atoms with Crippen molar-refractivity contribution in [3.63, 3.8) is 0 Å². The third-order valence-corrected chi connectivity index (χ3v) is 4.68.